The molecule has 4 rings (SSSR count). The molecule has 2 fully saturated rings. The molecule has 1 aromatic heterocycles. The number of hydrogen-bond acceptors (Lipinski definition) is 8. The molecule has 2 N–H and O–H groups in total. The maximum atomic E-state index is 12.9. The first-order valence-corrected chi connectivity index (χ1v) is 9.86. The quantitative estimate of drug-likeness (QED) is 0.789. The monoisotopic (exact) mass is 402 g/mol. The standard InChI is InChI=1S/C19H23ClN6O2/c20-16-4-2-1-3-14(16)17-15(18(27)28-26-11-7-22-8-12-26)13-23-19(24-17)25-9-5-21-6-10-25/h1-4,13,21-22H,5-12H2. The van der Waals surface area contributed by atoms with Crippen LogP contribution in [0, 0.1) is 0 Å². The summed E-state index contributed by atoms with van der Waals surface area (Å²) in [5.74, 6) is 0.124. The van der Waals surface area contributed by atoms with Gasteiger partial charge in [-0.3, -0.25) is 0 Å². The fourth-order valence-electron chi connectivity index (χ4n) is 3.30. The molecule has 0 spiro atoms. The van der Waals surface area contributed by atoms with Crippen molar-refractivity contribution in [1.82, 2.24) is 25.7 Å². The first-order valence-electron chi connectivity index (χ1n) is 9.48. The van der Waals surface area contributed by atoms with Crippen LogP contribution in [0.25, 0.3) is 11.3 Å². The van der Waals surface area contributed by atoms with Gasteiger partial charge in [0.05, 0.1) is 5.69 Å². The van der Waals surface area contributed by atoms with Crippen molar-refractivity contribution >= 4 is 23.5 Å². The summed E-state index contributed by atoms with van der Waals surface area (Å²) in [5, 5.41) is 8.74. The molecule has 0 amide bonds. The van der Waals surface area contributed by atoms with E-state index in [0.717, 1.165) is 39.3 Å². The van der Waals surface area contributed by atoms with Crippen molar-refractivity contribution in [3.63, 3.8) is 0 Å². The summed E-state index contributed by atoms with van der Waals surface area (Å²) < 4.78 is 0. The summed E-state index contributed by atoms with van der Waals surface area (Å²) >= 11 is 6.41. The third-order valence-electron chi connectivity index (χ3n) is 4.81. The summed E-state index contributed by atoms with van der Waals surface area (Å²) in [7, 11) is 0. The second-order valence-electron chi connectivity index (χ2n) is 6.71. The molecular weight excluding hydrogens is 380 g/mol. The molecule has 0 bridgehead atoms. The topological polar surface area (TPSA) is 82.6 Å². The molecule has 2 saturated heterocycles. The Balaban J connectivity index is 1.68. The first kappa shape index (κ1) is 19.1. The van der Waals surface area contributed by atoms with Crippen LogP contribution >= 0.6 is 11.6 Å². The minimum absolute atomic E-state index is 0.311. The number of nitrogens with one attached hydrogen (secondary N) is 2. The SMILES string of the molecule is O=C(ON1CCNCC1)c1cnc(N2CCNCC2)nc1-c1ccccc1Cl. The molecule has 2 aliphatic heterocycles. The number of aromatic nitrogens is 2. The van der Waals surface area contributed by atoms with Crippen molar-refractivity contribution in [2.24, 2.45) is 0 Å². The highest BCUT2D eigenvalue weighted by molar-refractivity contribution is 6.33. The fourth-order valence-corrected chi connectivity index (χ4v) is 3.52. The van der Waals surface area contributed by atoms with Crippen molar-refractivity contribution in [3.8, 4) is 11.3 Å². The number of nitrogens with zero attached hydrogens (tertiary/aromatic N) is 4. The maximum Gasteiger partial charge on any atom is 0.360 e. The van der Waals surface area contributed by atoms with Crippen molar-refractivity contribution in [2.45, 2.75) is 0 Å². The second-order valence-corrected chi connectivity index (χ2v) is 7.11. The van der Waals surface area contributed by atoms with E-state index in [0.29, 0.717) is 40.9 Å². The lowest BCUT2D eigenvalue weighted by atomic mass is 10.1. The molecule has 9 heteroatoms. The van der Waals surface area contributed by atoms with Gasteiger partial charge in [0.25, 0.3) is 0 Å². The largest absolute Gasteiger partial charge is 0.364 e. The van der Waals surface area contributed by atoms with Crippen LogP contribution < -0.4 is 15.5 Å². The van der Waals surface area contributed by atoms with Gasteiger partial charge >= 0.3 is 5.97 Å². The van der Waals surface area contributed by atoms with Crippen LogP contribution in [0.4, 0.5) is 5.95 Å². The van der Waals surface area contributed by atoms with Crippen LogP contribution in [0.3, 0.4) is 0 Å². The Kier molecular flexibility index (Phi) is 6.01. The number of carbonyl (C=O) groups is 1. The molecule has 3 heterocycles. The number of piperazine rings is 2. The van der Waals surface area contributed by atoms with E-state index < -0.39 is 5.97 Å². The smallest absolute Gasteiger partial charge is 0.360 e. The Morgan fingerprint density at radius 1 is 1.04 bits per heavy atom. The predicted molar refractivity (Wildman–Crippen MR) is 107 cm³/mol. The zero-order valence-corrected chi connectivity index (χ0v) is 16.3. The molecule has 2 aliphatic rings. The molecule has 0 saturated carbocycles. The lowest BCUT2D eigenvalue weighted by molar-refractivity contribution is -0.115. The minimum atomic E-state index is -0.469. The molecule has 1 aromatic carbocycles. The number of hydrogen-bond donors (Lipinski definition) is 2. The maximum absolute atomic E-state index is 12.9. The minimum Gasteiger partial charge on any atom is -0.364 e. The van der Waals surface area contributed by atoms with Crippen molar-refractivity contribution < 1.29 is 9.63 Å². The first-order chi connectivity index (χ1) is 13.7. The second kappa shape index (κ2) is 8.83. The van der Waals surface area contributed by atoms with Crippen LogP contribution in [0.5, 0.6) is 0 Å². The molecule has 28 heavy (non-hydrogen) atoms. The summed E-state index contributed by atoms with van der Waals surface area (Å²) in [6, 6.07) is 7.37. The lowest BCUT2D eigenvalue weighted by Gasteiger charge is -2.28. The average Bonchev–Trinajstić information content (AvgIpc) is 2.75. The number of halogens is 1. The number of benzene rings is 1. The van der Waals surface area contributed by atoms with Crippen molar-refractivity contribution in [1.29, 1.82) is 0 Å². The zero-order chi connectivity index (χ0) is 19.3. The van der Waals surface area contributed by atoms with Crippen LogP contribution in [0.15, 0.2) is 30.5 Å². The highest BCUT2D eigenvalue weighted by Crippen LogP contribution is 2.30. The van der Waals surface area contributed by atoms with E-state index in [1.165, 1.54) is 0 Å². The molecular formula is C19H23ClN6O2. The molecule has 0 unspecified atom stereocenters. The third kappa shape index (κ3) is 4.25. The highest BCUT2D eigenvalue weighted by atomic mass is 35.5. The van der Waals surface area contributed by atoms with E-state index in [-0.39, 0.29) is 0 Å². The summed E-state index contributed by atoms with van der Waals surface area (Å²) in [6.45, 7) is 6.22. The van der Waals surface area contributed by atoms with Gasteiger partial charge in [0.2, 0.25) is 5.95 Å². The number of carbonyl (C=O) groups excluding carboxylic acids is 1. The van der Waals surface area contributed by atoms with Crippen LogP contribution in [-0.4, -0.2) is 73.4 Å². The van der Waals surface area contributed by atoms with Gasteiger partial charge in [0.1, 0.15) is 5.56 Å². The van der Waals surface area contributed by atoms with E-state index in [1.54, 1.807) is 17.3 Å². The Hall–Kier alpha value is -2.26. The summed E-state index contributed by atoms with van der Waals surface area (Å²) in [5.41, 5.74) is 1.50. The molecule has 0 radical (unpaired) electrons. The van der Waals surface area contributed by atoms with Gasteiger partial charge in [-0.05, 0) is 6.07 Å². The van der Waals surface area contributed by atoms with Crippen LogP contribution in [0.1, 0.15) is 10.4 Å². The van der Waals surface area contributed by atoms with Crippen LogP contribution in [-0.2, 0) is 4.84 Å². The Morgan fingerprint density at radius 2 is 1.71 bits per heavy atom. The summed E-state index contributed by atoms with van der Waals surface area (Å²) in [6.07, 6.45) is 1.55. The molecule has 8 nitrogen and oxygen atoms in total. The van der Waals surface area contributed by atoms with Gasteiger partial charge < -0.3 is 20.4 Å². The fraction of sp³-hybridized carbons (Fsp3) is 0.421. The van der Waals surface area contributed by atoms with Gasteiger partial charge in [-0.15, -0.1) is 5.06 Å². The van der Waals surface area contributed by atoms with E-state index in [4.69, 9.17) is 21.4 Å². The van der Waals surface area contributed by atoms with Gasteiger partial charge in [-0.1, -0.05) is 29.8 Å². The third-order valence-corrected chi connectivity index (χ3v) is 5.14. The van der Waals surface area contributed by atoms with E-state index >= 15 is 0 Å². The summed E-state index contributed by atoms with van der Waals surface area (Å²) in [4.78, 5) is 29.7. The van der Waals surface area contributed by atoms with Gasteiger partial charge in [0, 0.05) is 69.1 Å². The van der Waals surface area contributed by atoms with Crippen molar-refractivity contribution in [3.05, 3.63) is 41.0 Å². The van der Waals surface area contributed by atoms with E-state index in [1.807, 2.05) is 18.2 Å². The van der Waals surface area contributed by atoms with E-state index in [9.17, 15) is 4.79 Å². The Labute approximate surface area is 168 Å². The Bertz CT molecular complexity index is 837. The lowest BCUT2D eigenvalue weighted by Crippen LogP contribution is -2.44. The molecule has 0 aliphatic carbocycles. The molecule has 148 valence electrons. The number of rotatable bonds is 4. The number of anilines is 1. The van der Waals surface area contributed by atoms with Gasteiger partial charge in [-0.25, -0.2) is 14.8 Å². The van der Waals surface area contributed by atoms with Gasteiger partial charge in [-0.2, -0.15) is 0 Å². The molecule has 2 aromatic rings. The Morgan fingerprint density at radius 3 is 2.43 bits per heavy atom. The van der Waals surface area contributed by atoms with Crippen molar-refractivity contribution in [2.75, 3.05) is 57.3 Å². The normalized spacial score (nSPS) is 18.1. The number of hydroxylamine groups is 2. The average molecular weight is 403 g/mol. The van der Waals surface area contributed by atoms with Gasteiger partial charge in [0.15, 0.2) is 0 Å². The zero-order valence-electron chi connectivity index (χ0n) is 15.5. The van der Waals surface area contributed by atoms with Crippen LogP contribution in [0.2, 0.25) is 5.02 Å². The molecule has 0 atom stereocenters. The highest BCUT2D eigenvalue weighted by Gasteiger charge is 2.24. The predicted octanol–water partition coefficient (Wildman–Crippen LogP) is 1.18. The van der Waals surface area contributed by atoms with E-state index in [2.05, 4.69) is 20.5 Å².